The first-order chi connectivity index (χ1) is 20.2. The number of aryl methyl sites for hydroxylation is 2. The van der Waals surface area contributed by atoms with Crippen molar-refractivity contribution in [2.24, 2.45) is 0 Å². The van der Waals surface area contributed by atoms with Crippen LogP contribution < -0.4 is 19.7 Å². The second-order valence-electron chi connectivity index (χ2n) is 9.73. The number of ether oxygens (including phenoxy) is 2. The zero-order valence-corrected chi connectivity index (χ0v) is 24.3. The molecule has 5 rings (SSSR count). The van der Waals surface area contributed by atoms with E-state index < -0.39 is 17.8 Å². The van der Waals surface area contributed by atoms with Crippen LogP contribution in [0.4, 0.5) is 10.5 Å². The maximum Gasteiger partial charge on any atom is 0.335 e. The largest absolute Gasteiger partial charge is 0.489 e. The first kappa shape index (κ1) is 28.9. The van der Waals surface area contributed by atoms with Crippen LogP contribution in [0.25, 0.3) is 6.08 Å². The van der Waals surface area contributed by atoms with Gasteiger partial charge in [-0.25, -0.2) is 9.69 Å². The van der Waals surface area contributed by atoms with Gasteiger partial charge in [-0.05, 0) is 84.6 Å². The van der Waals surface area contributed by atoms with Gasteiger partial charge in [0.15, 0.2) is 0 Å². The van der Waals surface area contributed by atoms with Crippen molar-refractivity contribution in [2.75, 3.05) is 4.90 Å². The summed E-state index contributed by atoms with van der Waals surface area (Å²) in [5, 5.41) is 3.13. The van der Waals surface area contributed by atoms with Crippen LogP contribution in [-0.2, 0) is 22.8 Å². The lowest BCUT2D eigenvalue weighted by atomic mass is 10.1. The second-order valence-corrected chi connectivity index (χ2v) is 10.5. The van der Waals surface area contributed by atoms with Crippen LogP contribution in [0.5, 0.6) is 11.5 Å². The molecule has 4 amide bonds. The molecule has 9 heteroatoms. The molecule has 0 aromatic heterocycles. The summed E-state index contributed by atoms with van der Waals surface area (Å²) < 4.78 is 11.7. The number of carbonyl (C=O) groups excluding carboxylic acids is 3. The van der Waals surface area contributed by atoms with E-state index in [4.69, 9.17) is 32.7 Å². The van der Waals surface area contributed by atoms with Crippen molar-refractivity contribution in [3.63, 3.8) is 0 Å². The highest BCUT2D eigenvalue weighted by Gasteiger charge is 2.36. The third kappa shape index (κ3) is 6.48. The molecule has 4 aromatic carbocycles. The number of anilines is 1. The smallest absolute Gasteiger partial charge is 0.335 e. The molecule has 0 radical (unpaired) electrons. The van der Waals surface area contributed by atoms with Gasteiger partial charge in [-0.15, -0.1) is 0 Å². The lowest BCUT2D eigenvalue weighted by molar-refractivity contribution is -0.122. The van der Waals surface area contributed by atoms with E-state index >= 15 is 0 Å². The molecule has 0 saturated carbocycles. The number of imide groups is 2. The van der Waals surface area contributed by atoms with Crippen molar-refractivity contribution in [1.82, 2.24) is 5.32 Å². The van der Waals surface area contributed by atoms with Gasteiger partial charge in [0.1, 0.15) is 30.3 Å². The third-order valence-electron chi connectivity index (χ3n) is 6.78. The van der Waals surface area contributed by atoms with Crippen molar-refractivity contribution >= 4 is 52.8 Å². The molecular formula is C33H26Cl2N2O5. The average Bonchev–Trinajstić information content (AvgIpc) is 2.97. The molecule has 0 spiro atoms. The van der Waals surface area contributed by atoms with E-state index in [0.29, 0.717) is 33.7 Å². The number of barbiturate groups is 1. The summed E-state index contributed by atoms with van der Waals surface area (Å²) in [5.41, 5.74) is 4.76. The van der Waals surface area contributed by atoms with Crippen molar-refractivity contribution in [1.29, 1.82) is 0 Å². The third-order valence-corrected chi connectivity index (χ3v) is 7.45. The Balaban J connectivity index is 1.29. The van der Waals surface area contributed by atoms with Gasteiger partial charge in [-0.2, -0.15) is 0 Å². The zero-order chi connectivity index (χ0) is 29.8. The summed E-state index contributed by atoms with van der Waals surface area (Å²) >= 11 is 12.6. The number of benzene rings is 4. The number of halogens is 2. The van der Waals surface area contributed by atoms with E-state index in [2.05, 4.69) is 11.4 Å². The monoisotopic (exact) mass is 600 g/mol. The second kappa shape index (κ2) is 12.5. The highest BCUT2D eigenvalue weighted by Crippen LogP contribution is 2.29. The van der Waals surface area contributed by atoms with Crippen molar-refractivity contribution < 1.29 is 23.9 Å². The number of rotatable bonds is 8. The van der Waals surface area contributed by atoms with Gasteiger partial charge in [0, 0.05) is 10.6 Å². The summed E-state index contributed by atoms with van der Waals surface area (Å²) in [6.07, 6.45) is 1.39. The van der Waals surface area contributed by atoms with Crippen molar-refractivity contribution in [3.8, 4) is 11.5 Å². The first-order valence-electron chi connectivity index (χ1n) is 13.1. The predicted octanol–water partition coefficient (Wildman–Crippen LogP) is 7.43. The molecule has 0 aliphatic carbocycles. The molecule has 4 aromatic rings. The van der Waals surface area contributed by atoms with Crippen LogP contribution in [0.15, 0.2) is 90.5 Å². The van der Waals surface area contributed by atoms with Crippen LogP contribution >= 0.6 is 23.2 Å². The predicted molar refractivity (Wildman–Crippen MR) is 163 cm³/mol. The van der Waals surface area contributed by atoms with Gasteiger partial charge in [0.2, 0.25) is 0 Å². The SMILES string of the molecule is Cc1ccc(COc2ccc(/C=C3\C(=O)NC(=O)N(c4ccc(OCc5ccccc5Cl)cc4)C3=O)cc2Cl)cc1C. The van der Waals surface area contributed by atoms with Crippen LogP contribution in [0.2, 0.25) is 10.0 Å². The molecule has 212 valence electrons. The van der Waals surface area contributed by atoms with Gasteiger partial charge in [0.25, 0.3) is 11.8 Å². The van der Waals surface area contributed by atoms with E-state index in [1.807, 2.05) is 44.2 Å². The Morgan fingerprint density at radius 1 is 0.786 bits per heavy atom. The van der Waals surface area contributed by atoms with Crippen molar-refractivity contribution in [3.05, 3.63) is 128 Å². The number of nitrogens with zero attached hydrogens (tertiary/aromatic N) is 1. The summed E-state index contributed by atoms with van der Waals surface area (Å²) in [4.78, 5) is 39.5. The molecule has 42 heavy (non-hydrogen) atoms. The molecule has 1 aliphatic rings. The fourth-order valence-electron chi connectivity index (χ4n) is 4.30. The molecule has 1 fully saturated rings. The minimum atomic E-state index is -0.847. The highest BCUT2D eigenvalue weighted by atomic mass is 35.5. The first-order valence-corrected chi connectivity index (χ1v) is 13.8. The number of hydrogen-bond donors (Lipinski definition) is 1. The average molecular weight is 601 g/mol. The molecule has 0 atom stereocenters. The van der Waals surface area contributed by atoms with Gasteiger partial charge in [-0.1, -0.05) is 65.7 Å². The fourth-order valence-corrected chi connectivity index (χ4v) is 4.74. The Bertz CT molecular complexity index is 1720. The number of urea groups is 1. The van der Waals surface area contributed by atoms with E-state index in [9.17, 15) is 14.4 Å². The fraction of sp³-hybridized carbons (Fsp3) is 0.121. The Kier molecular flexibility index (Phi) is 8.61. The minimum Gasteiger partial charge on any atom is -0.489 e. The molecule has 1 N–H and O–H groups in total. The standard InChI is InChI=1S/C33H26Cl2N2O5/c1-20-7-8-23(15-21(20)2)18-42-30-14-9-22(17-29(30)35)16-27-31(38)36-33(40)37(32(27)39)25-10-12-26(13-11-25)41-19-24-5-3-4-6-28(24)34/h3-17H,18-19H2,1-2H3,(H,36,38,40)/b27-16+. The quantitative estimate of drug-likeness (QED) is 0.168. The maximum atomic E-state index is 13.3. The molecule has 0 bridgehead atoms. The summed E-state index contributed by atoms with van der Waals surface area (Å²) in [6.45, 7) is 4.68. The van der Waals surface area contributed by atoms with Crippen LogP contribution in [-0.4, -0.2) is 17.8 Å². The molecule has 1 aliphatic heterocycles. The summed E-state index contributed by atoms with van der Waals surface area (Å²) in [5.74, 6) is -0.582. The lowest BCUT2D eigenvalue weighted by Crippen LogP contribution is -2.54. The molecular weight excluding hydrogens is 575 g/mol. The minimum absolute atomic E-state index is 0.214. The number of nitrogens with one attached hydrogen (secondary N) is 1. The van der Waals surface area contributed by atoms with Gasteiger partial charge in [0.05, 0.1) is 10.7 Å². The van der Waals surface area contributed by atoms with Gasteiger partial charge >= 0.3 is 6.03 Å². The number of carbonyl (C=O) groups is 3. The van der Waals surface area contributed by atoms with E-state index in [1.54, 1.807) is 48.5 Å². The Morgan fingerprint density at radius 3 is 2.26 bits per heavy atom. The van der Waals surface area contributed by atoms with Crippen LogP contribution in [0.1, 0.15) is 27.8 Å². The van der Waals surface area contributed by atoms with Crippen LogP contribution in [0, 0.1) is 13.8 Å². The normalized spacial score (nSPS) is 14.2. The van der Waals surface area contributed by atoms with E-state index in [0.717, 1.165) is 16.0 Å². The molecule has 7 nitrogen and oxygen atoms in total. The summed E-state index contributed by atoms with van der Waals surface area (Å²) in [6, 6.07) is 23.9. The van der Waals surface area contributed by atoms with Crippen LogP contribution in [0.3, 0.4) is 0 Å². The van der Waals surface area contributed by atoms with E-state index in [-0.39, 0.29) is 17.9 Å². The summed E-state index contributed by atoms with van der Waals surface area (Å²) in [7, 11) is 0. The maximum absolute atomic E-state index is 13.3. The molecule has 1 saturated heterocycles. The van der Waals surface area contributed by atoms with Gasteiger partial charge < -0.3 is 9.47 Å². The van der Waals surface area contributed by atoms with Crippen molar-refractivity contribution in [2.45, 2.75) is 27.1 Å². The topological polar surface area (TPSA) is 84.9 Å². The highest BCUT2D eigenvalue weighted by molar-refractivity contribution is 6.39. The zero-order valence-electron chi connectivity index (χ0n) is 22.8. The van der Waals surface area contributed by atoms with E-state index in [1.165, 1.54) is 17.2 Å². The Morgan fingerprint density at radius 2 is 1.55 bits per heavy atom. The lowest BCUT2D eigenvalue weighted by Gasteiger charge is -2.26. The number of amides is 4. The Hall–Kier alpha value is -4.59. The molecule has 0 unspecified atom stereocenters. The number of hydrogen-bond acceptors (Lipinski definition) is 5. The molecule has 1 heterocycles. The Labute approximate surface area is 253 Å². The van der Waals surface area contributed by atoms with Gasteiger partial charge in [-0.3, -0.25) is 14.9 Å².